The molecule has 1 rings (SSSR count). The van der Waals surface area contributed by atoms with Gasteiger partial charge in [0.1, 0.15) is 6.61 Å². The molecule has 2 N–H and O–H groups in total. The van der Waals surface area contributed by atoms with Crippen molar-refractivity contribution in [3.05, 3.63) is 23.8 Å². The highest BCUT2D eigenvalue weighted by Crippen LogP contribution is 2.29. The Morgan fingerprint density at radius 1 is 1.21 bits per heavy atom. The van der Waals surface area contributed by atoms with Crippen molar-refractivity contribution in [2.75, 3.05) is 26.4 Å². The van der Waals surface area contributed by atoms with E-state index in [-0.39, 0.29) is 24.0 Å². The van der Waals surface area contributed by atoms with Crippen LogP contribution in [0.3, 0.4) is 0 Å². The molecule has 29 heavy (non-hydrogen) atoms. The number of carbonyl (C=O) groups is 2. The number of allylic oxidation sites excluding steroid dienone is 1. The molecule has 1 aliphatic rings. The van der Waals surface area contributed by atoms with Gasteiger partial charge in [-0.2, -0.15) is 0 Å². The molecule has 3 unspecified atom stereocenters. The van der Waals surface area contributed by atoms with Crippen LogP contribution in [0.2, 0.25) is 0 Å². The van der Waals surface area contributed by atoms with Crippen LogP contribution in [-0.4, -0.2) is 54.9 Å². The van der Waals surface area contributed by atoms with Crippen LogP contribution >= 0.6 is 0 Å². The van der Waals surface area contributed by atoms with Gasteiger partial charge in [-0.05, 0) is 69.3 Å². The largest absolute Gasteiger partial charge is 0.508 e. The first-order valence-corrected chi connectivity index (χ1v) is 10.5. The van der Waals surface area contributed by atoms with Crippen LogP contribution in [0, 0.1) is 11.8 Å². The van der Waals surface area contributed by atoms with E-state index in [9.17, 15) is 19.8 Å². The summed E-state index contributed by atoms with van der Waals surface area (Å²) < 4.78 is 15.5. The highest BCUT2D eigenvalue weighted by Gasteiger charge is 2.25. The van der Waals surface area contributed by atoms with Crippen molar-refractivity contribution in [2.45, 2.75) is 64.9 Å². The lowest BCUT2D eigenvalue weighted by Crippen LogP contribution is -2.25. The fourth-order valence-corrected chi connectivity index (χ4v) is 3.27. The van der Waals surface area contributed by atoms with Gasteiger partial charge in [0.2, 0.25) is 0 Å². The standard InChI is InChI=1S/C22H36O7/c1-4-27-12-5-6-13-28-22(26)29-15-18-9-7-8-16(2)20(23)14-19(11-10-18)17(3)21(24)25/h9,16,19-20,23H,3-8,10-15H2,1-2H3,(H,24,25)/b18-9+. The first kappa shape index (κ1) is 25.2. The minimum absolute atomic E-state index is 0.0530. The lowest BCUT2D eigenvalue weighted by molar-refractivity contribution is -0.133. The van der Waals surface area contributed by atoms with Crippen molar-refractivity contribution < 1.29 is 34.0 Å². The third-order valence-corrected chi connectivity index (χ3v) is 5.30. The van der Waals surface area contributed by atoms with E-state index in [1.54, 1.807) is 0 Å². The summed E-state index contributed by atoms with van der Waals surface area (Å²) in [5.74, 6) is -1.30. The molecule has 0 aromatic rings. The molecule has 0 fully saturated rings. The summed E-state index contributed by atoms with van der Waals surface area (Å²) in [7, 11) is 0. The second kappa shape index (κ2) is 14.2. The molecule has 0 bridgehead atoms. The van der Waals surface area contributed by atoms with E-state index in [1.165, 1.54) is 0 Å². The van der Waals surface area contributed by atoms with Crippen LogP contribution in [0.25, 0.3) is 0 Å². The topological polar surface area (TPSA) is 102 Å². The van der Waals surface area contributed by atoms with Gasteiger partial charge in [0.05, 0.1) is 12.7 Å². The van der Waals surface area contributed by atoms with E-state index < -0.39 is 18.2 Å². The summed E-state index contributed by atoms with van der Waals surface area (Å²) in [4.78, 5) is 23.1. The number of rotatable bonds is 10. The number of carboxylic acids is 1. The Balaban J connectivity index is 2.52. The lowest BCUT2D eigenvalue weighted by atomic mass is 9.82. The molecule has 0 spiro atoms. The highest BCUT2D eigenvalue weighted by molar-refractivity contribution is 5.86. The maximum Gasteiger partial charge on any atom is 0.508 e. The highest BCUT2D eigenvalue weighted by atomic mass is 16.7. The molecular formula is C22H36O7. The fourth-order valence-electron chi connectivity index (χ4n) is 3.27. The molecule has 0 aliphatic heterocycles. The average Bonchev–Trinajstić information content (AvgIpc) is 2.69. The number of hydrogen-bond donors (Lipinski definition) is 2. The molecule has 0 amide bonds. The molecule has 0 heterocycles. The number of carbonyl (C=O) groups excluding carboxylic acids is 1. The maximum absolute atomic E-state index is 11.8. The van der Waals surface area contributed by atoms with Gasteiger partial charge in [-0.25, -0.2) is 9.59 Å². The van der Waals surface area contributed by atoms with Gasteiger partial charge < -0.3 is 24.4 Å². The number of aliphatic carboxylic acids is 1. The second-order valence-electron chi connectivity index (χ2n) is 7.58. The van der Waals surface area contributed by atoms with Crippen LogP contribution in [0.4, 0.5) is 4.79 Å². The number of hydrogen-bond acceptors (Lipinski definition) is 6. The van der Waals surface area contributed by atoms with Crippen molar-refractivity contribution in [1.82, 2.24) is 0 Å². The summed E-state index contributed by atoms with van der Waals surface area (Å²) in [5, 5.41) is 19.6. The van der Waals surface area contributed by atoms with Gasteiger partial charge in [0.25, 0.3) is 0 Å². The minimum Gasteiger partial charge on any atom is -0.478 e. The molecule has 0 saturated heterocycles. The van der Waals surface area contributed by atoms with Crippen LogP contribution < -0.4 is 0 Å². The normalized spacial score (nSPS) is 24.8. The SMILES string of the molecule is C=C(C(=O)O)C1CC/C(COC(=O)OCCCCOCC)=C\CCC(C)C(O)C1. The van der Waals surface area contributed by atoms with Crippen LogP contribution in [0.5, 0.6) is 0 Å². The first-order valence-electron chi connectivity index (χ1n) is 10.5. The molecule has 166 valence electrons. The van der Waals surface area contributed by atoms with Crippen molar-refractivity contribution >= 4 is 12.1 Å². The number of ether oxygens (including phenoxy) is 3. The van der Waals surface area contributed by atoms with Gasteiger partial charge in [-0.3, -0.25) is 0 Å². The molecule has 0 radical (unpaired) electrons. The third kappa shape index (κ3) is 10.5. The molecule has 7 nitrogen and oxygen atoms in total. The zero-order valence-corrected chi connectivity index (χ0v) is 17.7. The van der Waals surface area contributed by atoms with E-state index in [4.69, 9.17) is 14.2 Å². The van der Waals surface area contributed by atoms with Gasteiger partial charge in [0.15, 0.2) is 0 Å². The van der Waals surface area contributed by atoms with E-state index in [0.29, 0.717) is 39.1 Å². The van der Waals surface area contributed by atoms with E-state index in [0.717, 1.165) is 31.3 Å². The van der Waals surface area contributed by atoms with Gasteiger partial charge in [-0.1, -0.05) is 19.6 Å². The monoisotopic (exact) mass is 412 g/mol. The first-order chi connectivity index (χ1) is 13.8. The van der Waals surface area contributed by atoms with Crippen molar-refractivity contribution in [3.63, 3.8) is 0 Å². The Morgan fingerprint density at radius 2 is 1.93 bits per heavy atom. The van der Waals surface area contributed by atoms with Gasteiger partial charge in [0, 0.05) is 18.8 Å². The third-order valence-electron chi connectivity index (χ3n) is 5.30. The molecule has 7 heteroatoms. The number of aliphatic hydroxyl groups excluding tert-OH is 1. The van der Waals surface area contributed by atoms with Crippen LogP contribution in [0.1, 0.15) is 58.8 Å². The summed E-state index contributed by atoms with van der Waals surface area (Å²) in [6.45, 7) is 9.32. The summed E-state index contributed by atoms with van der Waals surface area (Å²) in [6.07, 6.45) is 5.36. The lowest BCUT2D eigenvalue weighted by Gasteiger charge is -2.26. The van der Waals surface area contributed by atoms with Crippen molar-refractivity contribution in [2.24, 2.45) is 11.8 Å². The predicted octanol–water partition coefficient (Wildman–Crippen LogP) is 4.10. The van der Waals surface area contributed by atoms with Gasteiger partial charge >= 0.3 is 12.1 Å². The Labute approximate surface area is 173 Å². The Morgan fingerprint density at radius 3 is 2.62 bits per heavy atom. The Bertz CT molecular complexity index is 555. The molecular weight excluding hydrogens is 376 g/mol. The summed E-state index contributed by atoms with van der Waals surface area (Å²) in [5.41, 5.74) is 1.05. The van der Waals surface area contributed by atoms with E-state index in [2.05, 4.69) is 6.58 Å². The molecule has 0 saturated carbocycles. The minimum atomic E-state index is -1.04. The van der Waals surface area contributed by atoms with Crippen LogP contribution in [-0.2, 0) is 19.0 Å². The zero-order chi connectivity index (χ0) is 21.6. The fraction of sp³-hybridized carbons (Fsp3) is 0.727. The smallest absolute Gasteiger partial charge is 0.478 e. The zero-order valence-electron chi connectivity index (χ0n) is 17.7. The number of carboxylic acid groups (broad SMARTS) is 1. The van der Waals surface area contributed by atoms with E-state index in [1.807, 2.05) is 19.9 Å². The average molecular weight is 413 g/mol. The maximum atomic E-state index is 11.8. The quantitative estimate of drug-likeness (QED) is 0.241. The summed E-state index contributed by atoms with van der Waals surface area (Å²) in [6, 6.07) is 0. The van der Waals surface area contributed by atoms with Crippen molar-refractivity contribution in [1.29, 1.82) is 0 Å². The Kier molecular flexibility index (Phi) is 12.3. The predicted molar refractivity (Wildman–Crippen MR) is 110 cm³/mol. The number of aliphatic hydroxyl groups is 1. The molecule has 3 atom stereocenters. The Hall–Kier alpha value is -1.86. The number of unbranched alkanes of at least 4 members (excludes halogenated alkanes) is 1. The summed E-state index contributed by atoms with van der Waals surface area (Å²) >= 11 is 0. The van der Waals surface area contributed by atoms with Gasteiger partial charge in [-0.15, -0.1) is 0 Å². The molecule has 1 aliphatic carbocycles. The van der Waals surface area contributed by atoms with Crippen molar-refractivity contribution in [3.8, 4) is 0 Å². The molecule has 0 aromatic carbocycles. The molecule has 0 aromatic heterocycles. The van der Waals surface area contributed by atoms with Crippen LogP contribution in [0.15, 0.2) is 23.8 Å². The second-order valence-corrected chi connectivity index (χ2v) is 7.58. The van der Waals surface area contributed by atoms with E-state index >= 15 is 0 Å².